The third-order valence-electron chi connectivity index (χ3n) is 6.21. The minimum Gasteiger partial charge on any atom is -0.307 e. The van der Waals surface area contributed by atoms with E-state index in [1.807, 2.05) is 32.8 Å². The summed E-state index contributed by atoms with van der Waals surface area (Å²) in [4.78, 5) is 19.0. The second-order valence-electron chi connectivity index (χ2n) is 9.79. The van der Waals surface area contributed by atoms with Gasteiger partial charge in [0.2, 0.25) is 5.91 Å². The SMILES string of the molecule is CN(C)CC(C)(C)n1ccc(S(=O)(=O)NC(=O)Cc2c(-c3ccncc3)cc(F)c3c2CCC3)n1. The summed E-state index contributed by atoms with van der Waals surface area (Å²) < 4.78 is 44.4. The number of halogens is 1. The molecule has 0 bridgehead atoms. The Bertz CT molecular complexity index is 1350. The van der Waals surface area contributed by atoms with Crippen LogP contribution in [0.5, 0.6) is 0 Å². The normalized spacial score (nSPS) is 13.8. The van der Waals surface area contributed by atoms with Crippen LogP contribution in [0.3, 0.4) is 0 Å². The van der Waals surface area contributed by atoms with Gasteiger partial charge in [-0.3, -0.25) is 14.5 Å². The molecule has 0 unspecified atom stereocenters. The quantitative estimate of drug-likeness (QED) is 0.512. The summed E-state index contributed by atoms with van der Waals surface area (Å²) in [6.45, 7) is 4.55. The molecule has 35 heavy (non-hydrogen) atoms. The summed E-state index contributed by atoms with van der Waals surface area (Å²) >= 11 is 0. The zero-order valence-electron chi connectivity index (χ0n) is 20.4. The number of hydrogen-bond acceptors (Lipinski definition) is 6. The Hall–Kier alpha value is -3.11. The Morgan fingerprint density at radius 2 is 1.86 bits per heavy atom. The first-order valence-corrected chi connectivity index (χ1v) is 13.0. The predicted octanol–water partition coefficient (Wildman–Crippen LogP) is 2.92. The number of hydrogen-bond donors (Lipinski definition) is 1. The first kappa shape index (κ1) is 25.0. The van der Waals surface area contributed by atoms with Crippen LogP contribution in [0.4, 0.5) is 4.39 Å². The van der Waals surface area contributed by atoms with E-state index in [0.29, 0.717) is 36.1 Å². The summed E-state index contributed by atoms with van der Waals surface area (Å²) in [6.07, 6.45) is 6.64. The predicted molar refractivity (Wildman–Crippen MR) is 131 cm³/mol. The number of nitrogens with one attached hydrogen (secondary N) is 1. The molecule has 0 saturated carbocycles. The summed E-state index contributed by atoms with van der Waals surface area (Å²) in [5.41, 5.74) is 2.90. The molecule has 1 aliphatic rings. The number of nitrogens with zero attached hydrogens (tertiary/aromatic N) is 4. The number of likely N-dealkylation sites (N-methyl/N-ethyl adjacent to an activating group) is 1. The lowest BCUT2D eigenvalue weighted by atomic mass is 9.91. The molecule has 3 aromatic rings. The lowest BCUT2D eigenvalue weighted by Gasteiger charge is -2.28. The molecule has 2 heterocycles. The Kier molecular flexibility index (Phi) is 6.79. The lowest BCUT2D eigenvalue weighted by molar-refractivity contribution is -0.118. The molecule has 2 aromatic heterocycles. The largest absolute Gasteiger partial charge is 0.307 e. The molecule has 1 aliphatic carbocycles. The smallest absolute Gasteiger partial charge is 0.283 e. The number of sulfonamides is 1. The molecule has 4 rings (SSSR count). The Labute approximate surface area is 205 Å². The van der Waals surface area contributed by atoms with Gasteiger partial charge in [0, 0.05) is 25.1 Å². The van der Waals surface area contributed by atoms with Gasteiger partial charge in [0.05, 0.1) is 12.0 Å². The molecule has 8 nitrogen and oxygen atoms in total. The van der Waals surface area contributed by atoms with E-state index in [0.717, 1.165) is 17.5 Å². The summed E-state index contributed by atoms with van der Waals surface area (Å²) in [5, 5.41) is 4.01. The Balaban J connectivity index is 1.60. The number of aromatic nitrogens is 3. The lowest BCUT2D eigenvalue weighted by Crippen LogP contribution is -2.38. The standard InChI is InChI=1S/C25H30FN5O3S/c1-25(2,16-30(3)4)31-13-10-24(28-31)35(33,34)29-23(32)15-21-18-6-5-7-19(18)22(26)14-20(21)17-8-11-27-12-9-17/h8-14H,5-7,15-16H2,1-4H3,(H,29,32). The fourth-order valence-electron chi connectivity index (χ4n) is 4.83. The van der Waals surface area contributed by atoms with Gasteiger partial charge in [0.25, 0.3) is 10.0 Å². The van der Waals surface area contributed by atoms with E-state index < -0.39 is 21.5 Å². The third-order valence-corrected chi connectivity index (χ3v) is 7.47. The molecule has 1 amide bonds. The number of amides is 1. The first-order chi connectivity index (χ1) is 16.5. The van der Waals surface area contributed by atoms with E-state index in [1.165, 1.54) is 12.1 Å². The molecule has 10 heteroatoms. The Morgan fingerprint density at radius 1 is 1.17 bits per heavy atom. The van der Waals surface area contributed by atoms with Crippen LogP contribution in [0.15, 0.2) is 47.9 Å². The number of carbonyl (C=O) groups is 1. The second-order valence-corrected chi connectivity index (χ2v) is 11.4. The van der Waals surface area contributed by atoms with Crippen LogP contribution in [0.1, 0.15) is 37.0 Å². The molecular formula is C25H30FN5O3S. The van der Waals surface area contributed by atoms with Crippen molar-refractivity contribution in [1.29, 1.82) is 0 Å². The van der Waals surface area contributed by atoms with Crippen molar-refractivity contribution in [3.63, 3.8) is 0 Å². The van der Waals surface area contributed by atoms with Crippen LogP contribution in [0.2, 0.25) is 0 Å². The van der Waals surface area contributed by atoms with Gasteiger partial charge in [0.15, 0.2) is 5.03 Å². The maximum absolute atomic E-state index is 14.8. The average Bonchev–Trinajstić information content (AvgIpc) is 3.46. The second kappa shape index (κ2) is 9.50. The van der Waals surface area contributed by atoms with Gasteiger partial charge in [0.1, 0.15) is 5.82 Å². The number of benzene rings is 1. The van der Waals surface area contributed by atoms with Crippen molar-refractivity contribution in [1.82, 2.24) is 24.4 Å². The molecule has 0 saturated heterocycles. The van der Waals surface area contributed by atoms with Crippen LogP contribution in [0.25, 0.3) is 11.1 Å². The maximum Gasteiger partial charge on any atom is 0.283 e. The minimum atomic E-state index is -4.18. The van der Waals surface area contributed by atoms with E-state index in [9.17, 15) is 17.6 Å². The third kappa shape index (κ3) is 5.28. The number of carbonyl (C=O) groups excluding carboxylic acids is 1. The average molecular weight is 500 g/mol. The van der Waals surface area contributed by atoms with E-state index in [4.69, 9.17) is 0 Å². The molecule has 1 aromatic carbocycles. The van der Waals surface area contributed by atoms with Gasteiger partial charge in [-0.1, -0.05) is 0 Å². The van der Waals surface area contributed by atoms with Crippen molar-refractivity contribution < 1.29 is 17.6 Å². The molecule has 0 aliphatic heterocycles. The summed E-state index contributed by atoms with van der Waals surface area (Å²) in [6, 6.07) is 6.31. The highest BCUT2D eigenvalue weighted by Crippen LogP contribution is 2.35. The highest BCUT2D eigenvalue weighted by atomic mass is 32.2. The topological polar surface area (TPSA) is 97.2 Å². The van der Waals surface area contributed by atoms with Crippen molar-refractivity contribution in [2.75, 3.05) is 20.6 Å². The fourth-order valence-corrected chi connectivity index (χ4v) is 5.74. The van der Waals surface area contributed by atoms with Gasteiger partial charge >= 0.3 is 0 Å². The monoisotopic (exact) mass is 499 g/mol. The molecular weight excluding hydrogens is 469 g/mol. The number of fused-ring (bicyclic) bond motifs is 1. The number of rotatable bonds is 8. The van der Waals surface area contributed by atoms with E-state index in [-0.39, 0.29) is 17.3 Å². The maximum atomic E-state index is 14.8. The van der Waals surface area contributed by atoms with Crippen LogP contribution in [0, 0.1) is 5.82 Å². The zero-order chi connectivity index (χ0) is 25.4. The van der Waals surface area contributed by atoms with E-state index in [2.05, 4.69) is 14.8 Å². The van der Waals surface area contributed by atoms with Crippen LogP contribution in [-0.2, 0) is 39.6 Å². The zero-order valence-corrected chi connectivity index (χ0v) is 21.2. The van der Waals surface area contributed by atoms with Crippen LogP contribution in [-0.4, -0.2) is 54.6 Å². The van der Waals surface area contributed by atoms with Crippen molar-refractivity contribution in [2.24, 2.45) is 0 Å². The van der Waals surface area contributed by atoms with Crippen molar-refractivity contribution in [3.05, 3.63) is 65.4 Å². The molecule has 186 valence electrons. The first-order valence-electron chi connectivity index (χ1n) is 11.5. The van der Waals surface area contributed by atoms with E-state index in [1.54, 1.807) is 35.4 Å². The molecule has 0 atom stereocenters. The summed E-state index contributed by atoms with van der Waals surface area (Å²) in [5.74, 6) is -0.991. The molecule has 0 spiro atoms. The van der Waals surface area contributed by atoms with Crippen molar-refractivity contribution in [2.45, 2.75) is 50.1 Å². The van der Waals surface area contributed by atoms with Crippen LogP contribution < -0.4 is 4.72 Å². The number of pyridine rings is 1. The van der Waals surface area contributed by atoms with Crippen molar-refractivity contribution in [3.8, 4) is 11.1 Å². The van der Waals surface area contributed by atoms with Gasteiger partial charge < -0.3 is 4.90 Å². The summed E-state index contributed by atoms with van der Waals surface area (Å²) in [7, 11) is -0.324. The van der Waals surface area contributed by atoms with Gasteiger partial charge in [-0.2, -0.15) is 13.5 Å². The van der Waals surface area contributed by atoms with Gasteiger partial charge in [-0.25, -0.2) is 9.11 Å². The highest BCUT2D eigenvalue weighted by Gasteiger charge is 2.28. The van der Waals surface area contributed by atoms with Gasteiger partial charge in [-0.15, -0.1) is 0 Å². The van der Waals surface area contributed by atoms with Crippen LogP contribution >= 0.6 is 0 Å². The van der Waals surface area contributed by atoms with E-state index >= 15 is 0 Å². The molecule has 0 fully saturated rings. The fraction of sp³-hybridized carbons (Fsp3) is 0.400. The highest BCUT2D eigenvalue weighted by molar-refractivity contribution is 7.90. The minimum absolute atomic E-state index is 0.188. The van der Waals surface area contributed by atoms with Crippen molar-refractivity contribution >= 4 is 15.9 Å². The van der Waals surface area contributed by atoms with Gasteiger partial charge in [-0.05, 0) is 99.3 Å². The molecule has 0 radical (unpaired) electrons. The molecule has 1 N–H and O–H groups in total. The Morgan fingerprint density at radius 3 is 2.54 bits per heavy atom.